The summed E-state index contributed by atoms with van der Waals surface area (Å²) in [5, 5.41) is 0.453. The molecule has 17 heavy (non-hydrogen) atoms. The lowest BCUT2D eigenvalue weighted by Crippen LogP contribution is -2.25. The van der Waals surface area contributed by atoms with Gasteiger partial charge < -0.3 is 9.47 Å². The van der Waals surface area contributed by atoms with Crippen LogP contribution in [0.25, 0.3) is 0 Å². The van der Waals surface area contributed by atoms with Gasteiger partial charge >= 0.3 is 5.97 Å². The van der Waals surface area contributed by atoms with Crippen molar-refractivity contribution in [3.8, 4) is 5.75 Å². The fourth-order valence-electron chi connectivity index (χ4n) is 1.19. The van der Waals surface area contributed by atoms with Crippen LogP contribution in [-0.4, -0.2) is 18.7 Å². The average Bonchev–Trinajstić information content (AvgIpc) is 2.30. The quantitative estimate of drug-likeness (QED) is 0.610. The zero-order chi connectivity index (χ0) is 13.1. The normalized spacial score (nSPS) is 10.8. The Morgan fingerprint density at radius 2 is 2.12 bits per heavy atom. The van der Waals surface area contributed by atoms with Crippen molar-refractivity contribution in [1.29, 1.82) is 0 Å². The van der Waals surface area contributed by atoms with E-state index in [-0.39, 0.29) is 0 Å². The molecule has 0 bridgehead atoms. The van der Waals surface area contributed by atoms with Crippen LogP contribution in [0.5, 0.6) is 5.75 Å². The van der Waals surface area contributed by atoms with Crippen molar-refractivity contribution in [2.45, 2.75) is 19.4 Å². The molecule has 92 valence electrons. The van der Waals surface area contributed by atoms with Crippen LogP contribution in [0.15, 0.2) is 30.9 Å². The summed E-state index contributed by atoms with van der Waals surface area (Å²) in [5.41, 5.74) is -0.272. The second-order valence-electron chi connectivity index (χ2n) is 4.04. The van der Waals surface area contributed by atoms with Crippen molar-refractivity contribution >= 4 is 17.6 Å². The summed E-state index contributed by atoms with van der Waals surface area (Å²) in [5.74, 6) is -0.0616. The highest BCUT2D eigenvalue weighted by Gasteiger charge is 2.20. The molecule has 4 heteroatoms. The number of esters is 1. The molecule has 0 unspecified atom stereocenters. The fraction of sp³-hybridized carbons (Fsp3) is 0.308. The molecule has 0 spiro atoms. The molecule has 1 aromatic carbocycles. The number of halogens is 1. The van der Waals surface area contributed by atoms with Crippen LogP contribution in [-0.2, 0) is 4.74 Å². The number of benzene rings is 1. The summed E-state index contributed by atoms with van der Waals surface area (Å²) in [7, 11) is 1.31. The van der Waals surface area contributed by atoms with Gasteiger partial charge in [0.15, 0.2) is 0 Å². The molecule has 1 rings (SSSR count). The van der Waals surface area contributed by atoms with E-state index in [9.17, 15) is 4.79 Å². The van der Waals surface area contributed by atoms with Gasteiger partial charge in [-0.05, 0) is 38.1 Å². The minimum absolute atomic E-state index is 0.301. The van der Waals surface area contributed by atoms with E-state index in [4.69, 9.17) is 16.3 Å². The van der Waals surface area contributed by atoms with Crippen molar-refractivity contribution in [3.05, 3.63) is 41.4 Å². The Balaban J connectivity index is 3.15. The number of methoxy groups -OCH3 is 1. The highest BCUT2D eigenvalue weighted by molar-refractivity contribution is 6.31. The van der Waals surface area contributed by atoms with Crippen molar-refractivity contribution in [3.63, 3.8) is 0 Å². The fourth-order valence-corrected chi connectivity index (χ4v) is 1.36. The second-order valence-corrected chi connectivity index (χ2v) is 4.48. The Bertz CT molecular complexity index is 438. The molecule has 0 aliphatic carbocycles. The molecule has 0 saturated heterocycles. The Labute approximate surface area is 106 Å². The Kier molecular flexibility index (Phi) is 4.18. The third-order valence-corrected chi connectivity index (χ3v) is 2.45. The standard InChI is InChI=1S/C13H15ClO3/c1-5-13(2,3)17-11-7-6-9(14)8-10(11)12(15)16-4/h5-8H,1H2,2-4H3. The Morgan fingerprint density at radius 3 is 2.65 bits per heavy atom. The van der Waals surface area contributed by atoms with Gasteiger partial charge in [-0.25, -0.2) is 4.79 Å². The minimum Gasteiger partial charge on any atom is -0.483 e. The molecule has 0 radical (unpaired) electrons. The van der Waals surface area contributed by atoms with Crippen LogP contribution in [0.4, 0.5) is 0 Å². The van der Waals surface area contributed by atoms with Crippen LogP contribution in [0.2, 0.25) is 5.02 Å². The van der Waals surface area contributed by atoms with Gasteiger partial charge in [0.1, 0.15) is 16.9 Å². The maximum atomic E-state index is 11.6. The summed E-state index contributed by atoms with van der Waals surface area (Å²) in [6, 6.07) is 4.81. The molecule has 3 nitrogen and oxygen atoms in total. The van der Waals surface area contributed by atoms with Crippen molar-refractivity contribution in [2.24, 2.45) is 0 Å². The van der Waals surface area contributed by atoms with Crippen LogP contribution in [0.1, 0.15) is 24.2 Å². The van der Waals surface area contributed by atoms with E-state index in [2.05, 4.69) is 11.3 Å². The summed E-state index contributed by atoms with van der Waals surface area (Å²) in [4.78, 5) is 11.6. The zero-order valence-corrected chi connectivity index (χ0v) is 10.9. The van der Waals surface area contributed by atoms with E-state index in [0.717, 1.165) is 0 Å². The summed E-state index contributed by atoms with van der Waals surface area (Å²) < 4.78 is 10.4. The lowest BCUT2D eigenvalue weighted by molar-refractivity contribution is 0.0590. The summed E-state index contributed by atoms with van der Waals surface area (Å²) in [6.45, 7) is 7.36. The van der Waals surface area contributed by atoms with Crippen LogP contribution >= 0.6 is 11.6 Å². The van der Waals surface area contributed by atoms with Gasteiger partial charge in [-0.3, -0.25) is 0 Å². The molecule has 0 aliphatic heterocycles. The first-order valence-corrected chi connectivity index (χ1v) is 5.48. The van der Waals surface area contributed by atoms with E-state index in [0.29, 0.717) is 16.3 Å². The van der Waals surface area contributed by atoms with E-state index in [1.54, 1.807) is 18.2 Å². The van der Waals surface area contributed by atoms with Crippen LogP contribution in [0, 0.1) is 0 Å². The van der Waals surface area contributed by atoms with Crippen LogP contribution in [0.3, 0.4) is 0 Å². The number of hydrogen-bond acceptors (Lipinski definition) is 3. The van der Waals surface area contributed by atoms with Gasteiger partial charge in [-0.2, -0.15) is 0 Å². The zero-order valence-electron chi connectivity index (χ0n) is 10.1. The molecule has 0 heterocycles. The molecule has 0 N–H and O–H groups in total. The van der Waals surface area contributed by atoms with E-state index in [1.807, 2.05) is 13.8 Å². The van der Waals surface area contributed by atoms with Crippen LogP contribution < -0.4 is 4.74 Å². The summed E-state index contributed by atoms with van der Waals surface area (Å²) in [6.07, 6.45) is 1.66. The molecular weight excluding hydrogens is 240 g/mol. The predicted octanol–water partition coefficient (Wildman–Crippen LogP) is 3.47. The smallest absolute Gasteiger partial charge is 0.341 e. The van der Waals surface area contributed by atoms with Crippen molar-refractivity contribution in [2.75, 3.05) is 7.11 Å². The highest BCUT2D eigenvalue weighted by atomic mass is 35.5. The van der Waals surface area contributed by atoms with E-state index < -0.39 is 11.6 Å². The third kappa shape index (κ3) is 3.49. The molecule has 0 fully saturated rings. The van der Waals surface area contributed by atoms with E-state index >= 15 is 0 Å². The largest absolute Gasteiger partial charge is 0.483 e. The highest BCUT2D eigenvalue weighted by Crippen LogP contribution is 2.27. The lowest BCUT2D eigenvalue weighted by atomic mass is 10.1. The number of hydrogen-bond donors (Lipinski definition) is 0. The first-order valence-electron chi connectivity index (χ1n) is 5.10. The first-order chi connectivity index (χ1) is 7.89. The third-order valence-electron chi connectivity index (χ3n) is 2.21. The maximum Gasteiger partial charge on any atom is 0.341 e. The lowest BCUT2D eigenvalue weighted by Gasteiger charge is -2.23. The van der Waals surface area contributed by atoms with Gasteiger partial charge in [0, 0.05) is 5.02 Å². The Morgan fingerprint density at radius 1 is 1.47 bits per heavy atom. The molecule has 0 amide bonds. The van der Waals surface area contributed by atoms with Gasteiger partial charge in [0.25, 0.3) is 0 Å². The predicted molar refractivity (Wildman–Crippen MR) is 67.7 cm³/mol. The summed E-state index contributed by atoms with van der Waals surface area (Å²) >= 11 is 5.84. The molecular formula is C13H15ClO3. The van der Waals surface area contributed by atoms with Crippen molar-refractivity contribution < 1.29 is 14.3 Å². The van der Waals surface area contributed by atoms with Gasteiger partial charge in [-0.1, -0.05) is 18.2 Å². The SMILES string of the molecule is C=CC(C)(C)Oc1ccc(Cl)cc1C(=O)OC. The number of carbonyl (C=O) groups is 1. The number of ether oxygens (including phenoxy) is 2. The first kappa shape index (κ1) is 13.6. The maximum absolute atomic E-state index is 11.6. The molecule has 1 aromatic rings. The van der Waals surface area contributed by atoms with Gasteiger partial charge in [0.05, 0.1) is 7.11 Å². The molecule has 0 aliphatic rings. The second kappa shape index (κ2) is 5.23. The van der Waals surface area contributed by atoms with Gasteiger partial charge in [0.2, 0.25) is 0 Å². The number of rotatable bonds is 4. The Hall–Kier alpha value is -1.48. The molecule has 0 saturated carbocycles. The molecule has 0 atom stereocenters. The van der Waals surface area contributed by atoms with Gasteiger partial charge in [-0.15, -0.1) is 0 Å². The average molecular weight is 255 g/mol. The molecule has 0 aromatic heterocycles. The minimum atomic E-state index is -0.573. The topological polar surface area (TPSA) is 35.5 Å². The van der Waals surface area contributed by atoms with Crippen molar-refractivity contribution in [1.82, 2.24) is 0 Å². The number of carbonyl (C=O) groups excluding carboxylic acids is 1. The van der Waals surface area contributed by atoms with E-state index in [1.165, 1.54) is 13.2 Å². The monoisotopic (exact) mass is 254 g/mol.